The number of piperazine rings is 1. The van der Waals surface area contributed by atoms with Gasteiger partial charge in [-0.15, -0.1) is 0 Å². The van der Waals surface area contributed by atoms with Gasteiger partial charge in [0.25, 0.3) is 5.91 Å². The number of benzene rings is 2. The second-order valence-electron chi connectivity index (χ2n) is 9.36. The number of carbonyl (C=O) groups excluding carboxylic acids is 3. The van der Waals surface area contributed by atoms with Gasteiger partial charge < -0.3 is 20.6 Å². The van der Waals surface area contributed by atoms with E-state index in [1.807, 2.05) is 54.3 Å². The molecule has 2 heterocycles. The maximum absolute atomic E-state index is 13.2. The molecule has 0 radical (unpaired) electrons. The monoisotopic (exact) mass is 536 g/mol. The van der Waals surface area contributed by atoms with E-state index in [4.69, 9.17) is 15.6 Å². The van der Waals surface area contributed by atoms with Crippen LogP contribution in [0.1, 0.15) is 30.1 Å². The van der Waals surface area contributed by atoms with Gasteiger partial charge in [0.05, 0.1) is 12.0 Å². The molecule has 2 saturated heterocycles. The van der Waals surface area contributed by atoms with Crippen molar-refractivity contribution in [3.63, 3.8) is 0 Å². The van der Waals surface area contributed by atoms with E-state index in [1.165, 1.54) is 0 Å². The minimum atomic E-state index is -5.08. The van der Waals surface area contributed by atoms with Crippen LogP contribution in [0.3, 0.4) is 0 Å². The first-order chi connectivity index (χ1) is 17.9. The first-order valence-electron chi connectivity index (χ1n) is 12.3. The Kier molecular flexibility index (Phi) is 9.31. The van der Waals surface area contributed by atoms with E-state index in [1.54, 1.807) is 4.90 Å². The molecule has 2 atom stereocenters. The molecule has 2 fully saturated rings. The standard InChI is InChI=1S/C24H30N4O3.C2HF3O2/c1-17(23(30)28-11-5-8-19(16-28)22(25)29)26-12-14-27(15-13-26)24(31)21-10-4-7-18-6-2-3-9-20(18)21;3-2(4,5)1(6)7/h2-4,6-7,9-10,17,19H,5,8,11-16H2,1H3,(H2,25,29);(H,6,7). The summed E-state index contributed by atoms with van der Waals surface area (Å²) in [6.07, 6.45) is -3.53. The molecule has 2 aromatic rings. The van der Waals surface area contributed by atoms with Crippen molar-refractivity contribution in [2.24, 2.45) is 11.7 Å². The number of amides is 3. The predicted molar refractivity (Wildman–Crippen MR) is 133 cm³/mol. The normalized spacial score (nSPS) is 19.3. The van der Waals surface area contributed by atoms with Crippen LogP contribution in [0.4, 0.5) is 13.2 Å². The number of primary amides is 1. The van der Waals surface area contributed by atoms with Gasteiger partial charge in [-0.25, -0.2) is 4.79 Å². The first-order valence-corrected chi connectivity index (χ1v) is 12.3. The van der Waals surface area contributed by atoms with Crippen LogP contribution in [0.25, 0.3) is 10.8 Å². The predicted octanol–water partition coefficient (Wildman–Crippen LogP) is 2.34. The lowest BCUT2D eigenvalue weighted by Crippen LogP contribution is -2.56. The van der Waals surface area contributed by atoms with Crippen LogP contribution in [0.2, 0.25) is 0 Å². The summed E-state index contributed by atoms with van der Waals surface area (Å²) in [4.78, 5) is 52.4. The molecule has 206 valence electrons. The zero-order valence-corrected chi connectivity index (χ0v) is 21.0. The highest BCUT2D eigenvalue weighted by Gasteiger charge is 2.38. The highest BCUT2D eigenvalue weighted by molar-refractivity contribution is 6.07. The molecule has 0 saturated carbocycles. The Morgan fingerprint density at radius 3 is 2.16 bits per heavy atom. The summed E-state index contributed by atoms with van der Waals surface area (Å²) >= 11 is 0. The highest BCUT2D eigenvalue weighted by atomic mass is 19.4. The maximum Gasteiger partial charge on any atom is 0.490 e. The van der Waals surface area contributed by atoms with E-state index < -0.39 is 12.1 Å². The van der Waals surface area contributed by atoms with Crippen LogP contribution in [0.5, 0.6) is 0 Å². The maximum atomic E-state index is 13.2. The average molecular weight is 537 g/mol. The molecule has 0 aromatic heterocycles. The van der Waals surface area contributed by atoms with Crippen molar-refractivity contribution in [1.82, 2.24) is 14.7 Å². The van der Waals surface area contributed by atoms with Gasteiger partial charge in [0.15, 0.2) is 0 Å². The summed E-state index contributed by atoms with van der Waals surface area (Å²) < 4.78 is 31.7. The largest absolute Gasteiger partial charge is 0.490 e. The molecule has 3 N–H and O–H groups in total. The van der Waals surface area contributed by atoms with E-state index >= 15 is 0 Å². The molecule has 2 aliphatic heterocycles. The van der Waals surface area contributed by atoms with Crippen molar-refractivity contribution in [1.29, 1.82) is 0 Å². The number of nitrogens with two attached hydrogens (primary N) is 1. The van der Waals surface area contributed by atoms with Gasteiger partial charge in [0.2, 0.25) is 11.8 Å². The molecule has 9 nitrogen and oxygen atoms in total. The molecule has 2 aromatic carbocycles. The topological polar surface area (TPSA) is 124 Å². The van der Waals surface area contributed by atoms with Gasteiger partial charge in [0, 0.05) is 44.8 Å². The van der Waals surface area contributed by atoms with Gasteiger partial charge in [-0.1, -0.05) is 36.4 Å². The number of carboxylic acid groups (broad SMARTS) is 1. The van der Waals surface area contributed by atoms with Crippen molar-refractivity contribution < 1.29 is 37.5 Å². The number of carboxylic acids is 1. The van der Waals surface area contributed by atoms with E-state index in [-0.39, 0.29) is 29.7 Å². The summed E-state index contributed by atoms with van der Waals surface area (Å²) in [6.45, 7) is 5.48. The van der Waals surface area contributed by atoms with Crippen LogP contribution >= 0.6 is 0 Å². The molecule has 2 unspecified atom stereocenters. The van der Waals surface area contributed by atoms with E-state index in [9.17, 15) is 27.6 Å². The second kappa shape index (κ2) is 12.2. The molecule has 12 heteroatoms. The minimum absolute atomic E-state index is 0.0377. The fraction of sp³-hybridized carbons (Fsp3) is 0.462. The molecular weight excluding hydrogens is 505 g/mol. The van der Waals surface area contributed by atoms with Gasteiger partial charge in [-0.05, 0) is 36.6 Å². The van der Waals surface area contributed by atoms with Gasteiger partial charge in [0.1, 0.15) is 0 Å². The number of nitrogens with zero attached hydrogens (tertiary/aromatic N) is 3. The molecule has 0 spiro atoms. The molecule has 0 bridgehead atoms. The van der Waals surface area contributed by atoms with Crippen LogP contribution in [-0.2, 0) is 14.4 Å². The Labute approximate surface area is 218 Å². The SMILES string of the molecule is CC(C(=O)N1CCCC(C(N)=O)C1)N1CCN(C(=O)c2cccc3ccccc23)CC1.O=C(O)C(F)(F)F. The second-order valence-corrected chi connectivity index (χ2v) is 9.36. The zero-order valence-electron chi connectivity index (χ0n) is 21.0. The smallest absolute Gasteiger partial charge is 0.475 e. The Balaban J connectivity index is 0.000000505. The number of rotatable bonds is 4. The Bertz CT molecular complexity index is 1180. The average Bonchev–Trinajstić information content (AvgIpc) is 2.91. The van der Waals surface area contributed by atoms with Crippen molar-refractivity contribution in [2.75, 3.05) is 39.3 Å². The van der Waals surface area contributed by atoms with E-state index in [0.717, 1.165) is 29.2 Å². The Morgan fingerprint density at radius 1 is 0.947 bits per heavy atom. The fourth-order valence-corrected chi connectivity index (χ4v) is 4.72. The number of hydrogen-bond donors (Lipinski definition) is 2. The van der Waals surface area contributed by atoms with E-state index in [0.29, 0.717) is 39.3 Å². The number of piperidine rings is 1. The van der Waals surface area contributed by atoms with Crippen LogP contribution in [0.15, 0.2) is 42.5 Å². The quantitative estimate of drug-likeness (QED) is 0.618. The molecule has 0 aliphatic carbocycles. The van der Waals surface area contributed by atoms with Crippen molar-refractivity contribution in [3.05, 3.63) is 48.0 Å². The number of alkyl halides is 3. The zero-order chi connectivity index (χ0) is 28.0. The van der Waals surface area contributed by atoms with Gasteiger partial charge >= 0.3 is 12.1 Å². The van der Waals surface area contributed by atoms with Crippen LogP contribution in [-0.4, -0.2) is 95.0 Å². The molecule has 38 heavy (non-hydrogen) atoms. The highest BCUT2D eigenvalue weighted by Crippen LogP contribution is 2.22. The van der Waals surface area contributed by atoms with Crippen molar-refractivity contribution in [2.45, 2.75) is 32.0 Å². The summed E-state index contributed by atoms with van der Waals surface area (Å²) in [5.74, 6) is -3.26. The minimum Gasteiger partial charge on any atom is -0.475 e. The van der Waals surface area contributed by atoms with E-state index in [2.05, 4.69) is 4.90 Å². The molecule has 2 aliphatic rings. The van der Waals surface area contributed by atoms with Crippen molar-refractivity contribution >= 4 is 34.5 Å². The molecular formula is C26H31F3N4O5. The fourth-order valence-electron chi connectivity index (χ4n) is 4.72. The molecule has 4 rings (SSSR count). The third kappa shape index (κ3) is 7.00. The van der Waals surface area contributed by atoms with Gasteiger partial charge in [-0.2, -0.15) is 13.2 Å². The summed E-state index contributed by atoms with van der Waals surface area (Å²) in [7, 11) is 0. The van der Waals surface area contributed by atoms with Crippen molar-refractivity contribution in [3.8, 4) is 0 Å². The number of aliphatic carboxylic acids is 1. The van der Waals surface area contributed by atoms with Crippen LogP contribution < -0.4 is 5.73 Å². The summed E-state index contributed by atoms with van der Waals surface area (Å²) in [5.41, 5.74) is 6.17. The number of fused-ring (bicyclic) bond motifs is 1. The first kappa shape index (κ1) is 28.9. The number of halogens is 3. The summed E-state index contributed by atoms with van der Waals surface area (Å²) in [6, 6.07) is 13.5. The lowest BCUT2D eigenvalue weighted by Gasteiger charge is -2.40. The lowest BCUT2D eigenvalue weighted by molar-refractivity contribution is -0.192. The summed E-state index contributed by atoms with van der Waals surface area (Å²) in [5, 5.41) is 9.15. The lowest BCUT2D eigenvalue weighted by atomic mass is 9.97. The number of likely N-dealkylation sites (tertiary alicyclic amines) is 1. The Hall–Kier alpha value is -3.67. The number of carbonyl (C=O) groups is 4. The molecule has 3 amide bonds. The number of hydrogen-bond acceptors (Lipinski definition) is 5. The van der Waals surface area contributed by atoms with Crippen LogP contribution in [0, 0.1) is 5.92 Å². The third-order valence-corrected chi connectivity index (χ3v) is 6.90. The Morgan fingerprint density at radius 2 is 1.55 bits per heavy atom. The third-order valence-electron chi connectivity index (χ3n) is 6.90. The van der Waals surface area contributed by atoms with Gasteiger partial charge in [-0.3, -0.25) is 19.3 Å².